The largest absolute Gasteiger partial charge is 0.353 e. The van der Waals surface area contributed by atoms with E-state index < -0.39 is 10.0 Å². The Hall–Kier alpha value is -1.82. The van der Waals surface area contributed by atoms with Crippen molar-refractivity contribution < 1.29 is 12.9 Å². The van der Waals surface area contributed by atoms with E-state index in [2.05, 4.69) is 16.5 Å². The first-order valence-electron chi connectivity index (χ1n) is 4.50. The van der Waals surface area contributed by atoms with Gasteiger partial charge in [0.15, 0.2) is 11.4 Å². The molecule has 6 heteroatoms. The molecule has 0 spiro atoms. The van der Waals surface area contributed by atoms with Crippen LogP contribution in [-0.4, -0.2) is 19.8 Å². The van der Waals surface area contributed by atoms with Crippen LogP contribution in [0.4, 0.5) is 5.82 Å². The Labute approximate surface area is 92.8 Å². The van der Waals surface area contributed by atoms with E-state index in [1.165, 1.54) is 0 Å². The minimum atomic E-state index is -3.36. The summed E-state index contributed by atoms with van der Waals surface area (Å²) in [6.45, 7) is 3.64. The molecule has 16 heavy (non-hydrogen) atoms. The van der Waals surface area contributed by atoms with Crippen molar-refractivity contribution >= 4 is 32.9 Å². The van der Waals surface area contributed by atoms with E-state index in [-0.39, 0.29) is 5.82 Å². The smallest absolute Gasteiger partial charge is 0.231 e. The van der Waals surface area contributed by atoms with Gasteiger partial charge >= 0.3 is 0 Å². The lowest BCUT2D eigenvalue weighted by atomic mass is 10.1. The molecule has 0 bridgehead atoms. The van der Waals surface area contributed by atoms with Crippen LogP contribution in [0.2, 0.25) is 0 Å². The number of aromatic nitrogens is 1. The van der Waals surface area contributed by atoms with Gasteiger partial charge in [0.25, 0.3) is 0 Å². The predicted octanol–water partition coefficient (Wildman–Crippen LogP) is 1.84. The highest BCUT2D eigenvalue weighted by atomic mass is 32.2. The molecular formula is C10H10N2O3S. The number of benzene rings is 1. The Bertz CT molecular complexity index is 643. The standard InChI is InChI=1S/C10H10N2O3S/c1-3-7-5-4-6-8-9(7)15-11-10(8)12-16(2,13)14/h3-6H,1H2,2H3,(H,11,12). The predicted molar refractivity (Wildman–Crippen MR) is 62.6 cm³/mol. The molecule has 2 rings (SSSR count). The Morgan fingerprint density at radius 1 is 1.50 bits per heavy atom. The number of hydrogen-bond donors (Lipinski definition) is 1. The fraction of sp³-hybridized carbons (Fsp3) is 0.100. The third kappa shape index (κ3) is 1.92. The maximum absolute atomic E-state index is 11.1. The highest BCUT2D eigenvalue weighted by molar-refractivity contribution is 7.92. The van der Waals surface area contributed by atoms with Gasteiger partial charge in [0, 0.05) is 5.56 Å². The number of rotatable bonds is 3. The van der Waals surface area contributed by atoms with E-state index in [4.69, 9.17) is 4.52 Å². The Morgan fingerprint density at radius 3 is 2.88 bits per heavy atom. The molecule has 2 aromatic rings. The summed E-state index contributed by atoms with van der Waals surface area (Å²) in [4.78, 5) is 0. The van der Waals surface area contributed by atoms with Crippen molar-refractivity contribution in [2.45, 2.75) is 0 Å². The summed E-state index contributed by atoms with van der Waals surface area (Å²) in [7, 11) is -3.36. The van der Waals surface area contributed by atoms with Crippen molar-refractivity contribution in [2.75, 3.05) is 11.0 Å². The monoisotopic (exact) mass is 238 g/mol. The lowest BCUT2D eigenvalue weighted by Gasteiger charge is -1.98. The van der Waals surface area contributed by atoms with Crippen LogP contribution >= 0.6 is 0 Å². The molecule has 5 nitrogen and oxygen atoms in total. The van der Waals surface area contributed by atoms with Crippen LogP contribution < -0.4 is 4.72 Å². The molecule has 1 N–H and O–H groups in total. The van der Waals surface area contributed by atoms with E-state index in [9.17, 15) is 8.42 Å². The Kier molecular flexibility index (Phi) is 2.43. The number of anilines is 1. The first-order valence-corrected chi connectivity index (χ1v) is 6.39. The number of nitrogens with one attached hydrogen (secondary N) is 1. The summed E-state index contributed by atoms with van der Waals surface area (Å²) in [6.07, 6.45) is 2.68. The van der Waals surface area contributed by atoms with Crippen molar-refractivity contribution in [1.82, 2.24) is 5.16 Å². The average Bonchev–Trinajstić information content (AvgIpc) is 2.59. The molecule has 0 fully saturated rings. The quantitative estimate of drug-likeness (QED) is 0.885. The summed E-state index contributed by atoms with van der Waals surface area (Å²) in [5, 5.41) is 4.29. The summed E-state index contributed by atoms with van der Waals surface area (Å²) in [5.41, 5.74) is 1.29. The number of fused-ring (bicyclic) bond motifs is 1. The molecule has 0 saturated carbocycles. The third-order valence-corrected chi connectivity index (χ3v) is 2.59. The second-order valence-corrected chi connectivity index (χ2v) is 5.08. The highest BCUT2D eigenvalue weighted by Crippen LogP contribution is 2.26. The molecule has 1 heterocycles. The molecule has 0 unspecified atom stereocenters. The van der Waals surface area contributed by atoms with Crippen LogP contribution in [0.1, 0.15) is 5.56 Å². The molecule has 1 aromatic heterocycles. The summed E-state index contributed by atoms with van der Waals surface area (Å²) in [6, 6.07) is 5.32. The molecular weight excluding hydrogens is 228 g/mol. The zero-order valence-electron chi connectivity index (χ0n) is 8.60. The SMILES string of the molecule is C=Cc1cccc2c(NS(C)(=O)=O)noc12. The third-order valence-electron chi connectivity index (χ3n) is 2.03. The van der Waals surface area contributed by atoms with Crippen molar-refractivity contribution in [1.29, 1.82) is 0 Å². The van der Waals surface area contributed by atoms with Gasteiger partial charge in [0.05, 0.1) is 11.6 Å². The summed E-state index contributed by atoms with van der Waals surface area (Å²) in [5.74, 6) is 0.196. The molecule has 0 aliphatic carbocycles. The van der Waals surface area contributed by atoms with Gasteiger partial charge in [-0.15, -0.1) is 0 Å². The van der Waals surface area contributed by atoms with Crippen LogP contribution in [0.15, 0.2) is 29.3 Å². The molecule has 0 radical (unpaired) electrons. The number of sulfonamides is 1. The van der Waals surface area contributed by atoms with Crippen LogP contribution in [0.3, 0.4) is 0 Å². The van der Waals surface area contributed by atoms with Gasteiger partial charge in [0.2, 0.25) is 10.0 Å². The topological polar surface area (TPSA) is 72.2 Å². The van der Waals surface area contributed by atoms with Crippen molar-refractivity contribution in [3.8, 4) is 0 Å². The minimum Gasteiger partial charge on any atom is -0.353 e. The number of hydrogen-bond acceptors (Lipinski definition) is 4. The molecule has 0 atom stereocenters. The van der Waals surface area contributed by atoms with Gasteiger partial charge in [-0.25, -0.2) is 8.42 Å². The summed E-state index contributed by atoms with van der Waals surface area (Å²) < 4.78 is 29.5. The zero-order valence-corrected chi connectivity index (χ0v) is 9.41. The first kappa shape index (κ1) is 10.7. The van der Waals surface area contributed by atoms with E-state index in [1.807, 2.05) is 6.07 Å². The molecule has 84 valence electrons. The average molecular weight is 238 g/mol. The van der Waals surface area contributed by atoms with E-state index in [0.717, 1.165) is 11.8 Å². The van der Waals surface area contributed by atoms with Crippen molar-refractivity contribution in [3.05, 3.63) is 30.3 Å². The van der Waals surface area contributed by atoms with Gasteiger partial charge in [0.1, 0.15) is 0 Å². The van der Waals surface area contributed by atoms with Crippen LogP contribution in [-0.2, 0) is 10.0 Å². The normalized spacial score (nSPS) is 11.6. The first-order chi connectivity index (χ1) is 7.51. The lowest BCUT2D eigenvalue weighted by Crippen LogP contribution is -2.09. The Morgan fingerprint density at radius 2 is 2.25 bits per heavy atom. The van der Waals surface area contributed by atoms with Gasteiger partial charge in [-0.1, -0.05) is 29.9 Å². The molecule has 0 amide bonds. The molecule has 0 aliphatic rings. The van der Waals surface area contributed by atoms with E-state index in [1.54, 1.807) is 18.2 Å². The van der Waals surface area contributed by atoms with E-state index >= 15 is 0 Å². The van der Waals surface area contributed by atoms with Gasteiger partial charge in [-0.2, -0.15) is 0 Å². The van der Waals surface area contributed by atoms with Gasteiger partial charge in [-0.05, 0) is 6.07 Å². The van der Waals surface area contributed by atoms with Crippen molar-refractivity contribution in [2.24, 2.45) is 0 Å². The molecule has 0 saturated heterocycles. The second kappa shape index (κ2) is 3.64. The summed E-state index contributed by atoms with van der Waals surface area (Å²) >= 11 is 0. The Balaban J connectivity index is 2.62. The van der Waals surface area contributed by atoms with Crippen molar-refractivity contribution in [3.63, 3.8) is 0 Å². The molecule has 0 aliphatic heterocycles. The maximum Gasteiger partial charge on any atom is 0.231 e. The van der Waals surface area contributed by atoms with E-state index in [0.29, 0.717) is 11.0 Å². The minimum absolute atomic E-state index is 0.196. The highest BCUT2D eigenvalue weighted by Gasteiger charge is 2.13. The molecule has 1 aromatic carbocycles. The van der Waals surface area contributed by atoms with Gasteiger partial charge in [-0.3, -0.25) is 4.72 Å². The van der Waals surface area contributed by atoms with Gasteiger partial charge < -0.3 is 4.52 Å². The van der Waals surface area contributed by atoms with Crippen LogP contribution in [0.25, 0.3) is 17.0 Å². The lowest BCUT2D eigenvalue weighted by molar-refractivity contribution is 0.459. The fourth-order valence-corrected chi connectivity index (χ4v) is 1.89. The second-order valence-electron chi connectivity index (χ2n) is 3.33. The maximum atomic E-state index is 11.1. The van der Waals surface area contributed by atoms with Crippen LogP contribution in [0.5, 0.6) is 0 Å². The van der Waals surface area contributed by atoms with Crippen LogP contribution in [0, 0.1) is 0 Å². The zero-order chi connectivity index (χ0) is 11.8. The number of nitrogens with zero attached hydrogens (tertiary/aromatic N) is 1. The fourth-order valence-electron chi connectivity index (χ4n) is 1.39. The number of para-hydroxylation sites is 1.